The third kappa shape index (κ3) is 3.93. The first-order valence-electron chi connectivity index (χ1n) is 9.31. The molecule has 0 saturated carbocycles. The number of hydrogen-bond donors (Lipinski definition) is 1. The van der Waals surface area contributed by atoms with Crippen molar-refractivity contribution in [2.45, 2.75) is 64.6 Å². The Bertz CT molecular complexity index is 897. The van der Waals surface area contributed by atoms with E-state index in [9.17, 15) is 13.2 Å². The summed E-state index contributed by atoms with van der Waals surface area (Å²) in [6, 6.07) is 0. The van der Waals surface area contributed by atoms with Gasteiger partial charge in [-0.15, -0.1) is 0 Å². The highest BCUT2D eigenvalue weighted by Crippen LogP contribution is 2.41. The van der Waals surface area contributed by atoms with E-state index in [0.29, 0.717) is 24.2 Å². The van der Waals surface area contributed by atoms with Gasteiger partial charge in [0.05, 0.1) is 11.3 Å². The molecule has 1 aromatic heterocycles. The summed E-state index contributed by atoms with van der Waals surface area (Å²) in [5, 5.41) is -0.223. The van der Waals surface area contributed by atoms with E-state index in [2.05, 4.69) is 35.6 Å². The fourth-order valence-corrected chi connectivity index (χ4v) is 4.88. The Kier molecular flexibility index (Phi) is 5.14. The van der Waals surface area contributed by atoms with Gasteiger partial charge in [0.1, 0.15) is 0 Å². The van der Waals surface area contributed by atoms with Crippen molar-refractivity contribution in [2.24, 2.45) is 5.41 Å². The number of allylic oxidation sites excluding steroid dienone is 1. The minimum absolute atomic E-state index is 0.223. The Morgan fingerprint density at radius 3 is 2.65 bits per heavy atom. The number of nitrogens with one attached hydrogen (secondary N) is 1. The zero-order chi connectivity index (χ0) is 19.1. The van der Waals surface area contributed by atoms with Crippen molar-refractivity contribution < 1.29 is 8.42 Å². The van der Waals surface area contributed by atoms with Crippen LogP contribution in [-0.4, -0.2) is 42.6 Å². The molecular weight excluding hydrogens is 350 g/mol. The van der Waals surface area contributed by atoms with Gasteiger partial charge in [-0.2, -0.15) is 0 Å². The standard InChI is InChI=1S/C19H29N3O3S/c1-13-6-5-9-19(2,3)15(13)7-10-22-11-8-16-14(12-22)17(23)21-18(20-16)26(4,24)25/h5-12H2,1-4H3,(H,20,21,23). The van der Waals surface area contributed by atoms with Crippen molar-refractivity contribution >= 4 is 9.84 Å². The van der Waals surface area contributed by atoms with Crippen LogP contribution in [0.2, 0.25) is 0 Å². The summed E-state index contributed by atoms with van der Waals surface area (Å²) in [5.41, 5.74) is 4.26. The highest BCUT2D eigenvalue weighted by Gasteiger charge is 2.29. The van der Waals surface area contributed by atoms with Gasteiger partial charge in [0.25, 0.3) is 5.56 Å². The topological polar surface area (TPSA) is 83.1 Å². The fourth-order valence-electron chi connectivity index (χ4n) is 4.32. The summed E-state index contributed by atoms with van der Waals surface area (Å²) in [5.74, 6) is 0. The Morgan fingerprint density at radius 1 is 1.27 bits per heavy atom. The molecule has 0 fully saturated rings. The van der Waals surface area contributed by atoms with Crippen molar-refractivity contribution in [1.82, 2.24) is 14.9 Å². The molecule has 0 saturated heterocycles. The first-order chi connectivity index (χ1) is 12.1. The van der Waals surface area contributed by atoms with Crippen LogP contribution in [0.1, 0.15) is 57.7 Å². The maximum Gasteiger partial charge on any atom is 0.256 e. The van der Waals surface area contributed by atoms with Crippen LogP contribution in [0, 0.1) is 5.41 Å². The molecule has 6 nitrogen and oxygen atoms in total. The van der Waals surface area contributed by atoms with Crippen LogP contribution < -0.4 is 5.56 Å². The Labute approximate surface area is 155 Å². The number of H-pyrrole nitrogens is 1. The second-order valence-corrected chi connectivity index (χ2v) is 10.3. The molecule has 1 aromatic rings. The summed E-state index contributed by atoms with van der Waals surface area (Å²) in [6.07, 6.45) is 6.40. The molecule has 0 spiro atoms. The monoisotopic (exact) mass is 379 g/mol. The Morgan fingerprint density at radius 2 is 2.00 bits per heavy atom. The number of aromatic amines is 1. The van der Waals surface area contributed by atoms with Crippen LogP contribution in [0.5, 0.6) is 0 Å². The van der Waals surface area contributed by atoms with E-state index < -0.39 is 9.84 Å². The fraction of sp³-hybridized carbons (Fsp3) is 0.684. The molecule has 1 aliphatic carbocycles. The van der Waals surface area contributed by atoms with Crippen molar-refractivity contribution in [3.05, 3.63) is 32.8 Å². The summed E-state index contributed by atoms with van der Waals surface area (Å²) in [6.45, 7) is 9.18. The van der Waals surface area contributed by atoms with Gasteiger partial charge >= 0.3 is 0 Å². The molecule has 2 heterocycles. The quantitative estimate of drug-likeness (QED) is 0.642. The lowest BCUT2D eigenvalue weighted by atomic mass is 9.71. The van der Waals surface area contributed by atoms with Crippen molar-refractivity contribution in [1.29, 1.82) is 0 Å². The van der Waals surface area contributed by atoms with Crippen LogP contribution in [-0.2, 0) is 22.8 Å². The smallest absolute Gasteiger partial charge is 0.256 e. The summed E-state index contributed by atoms with van der Waals surface area (Å²) < 4.78 is 23.3. The maximum absolute atomic E-state index is 12.3. The molecule has 1 aliphatic heterocycles. The van der Waals surface area contributed by atoms with Crippen molar-refractivity contribution in [3.63, 3.8) is 0 Å². The molecular formula is C19H29N3O3S. The molecule has 1 N–H and O–H groups in total. The van der Waals surface area contributed by atoms with Gasteiger partial charge in [-0.3, -0.25) is 14.7 Å². The van der Waals surface area contributed by atoms with Gasteiger partial charge in [-0.05, 0) is 38.0 Å². The van der Waals surface area contributed by atoms with E-state index in [1.165, 1.54) is 24.8 Å². The molecule has 0 atom stereocenters. The zero-order valence-corrected chi connectivity index (χ0v) is 17.0. The second kappa shape index (κ2) is 6.93. The predicted molar refractivity (Wildman–Crippen MR) is 102 cm³/mol. The van der Waals surface area contributed by atoms with Crippen LogP contribution in [0.15, 0.2) is 21.1 Å². The van der Waals surface area contributed by atoms with Gasteiger partial charge in [0, 0.05) is 32.3 Å². The number of nitrogens with zero attached hydrogens (tertiary/aromatic N) is 2. The first kappa shape index (κ1) is 19.3. The zero-order valence-electron chi connectivity index (χ0n) is 16.2. The summed E-state index contributed by atoms with van der Waals surface area (Å²) in [4.78, 5) is 21.2. The minimum atomic E-state index is -3.50. The molecule has 0 bridgehead atoms. The van der Waals surface area contributed by atoms with Crippen LogP contribution in [0.25, 0.3) is 0 Å². The van der Waals surface area contributed by atoms with Crippen molar-refractivity contribution in [3.8, 4) is 0 Å². The lowest BCUT2D eigenvalue weighted by Crippen LogP contribution is -2.37. The molecule has 0 amide bonds. The van der Waals surface area contributed by atoms with Crippen LogP contribution >= 0.6 is 0 Å². The maximum atomic E-state index is 12.3. The van der Waals surface area contributed by atoms with Gasteiger partial charge in [0.2, 0.25) is 15.0 Å². The predicted octanol–water partition coefficient (Wildman–Crippen LogP) is 2.45. The Hall–Kier alpha value is -1.47. The summed E-state index contributed by atoms with van der Waals surface area (Å²) in [7, 11) is -3.50. The molecule has 26 heavy (non-hydrogen) atoms. The molecule has 0 unspecified atom stereocenters. The van der Waals surface area contributed by atoms with Gasteiger partial charge in [-0.25, -0.2) is 13.4 Å². The van der Waals surface area contributed by atoms with Gasteiger partial charge in [0.15, 0.2) is 0 Å². The lowest BCUT2D eigenvalue weighted by Gasteiger charge is -2.36. The number of hydrogen-bond acceptors (Lipinski definition) is 5. The molecule has 7 heteroatoms. The van der Waals surface area contributed by atoms with Crippen molar-refractivity contribution in [2.75, 3.05) is 19.3 Å². The van der Waals surface area contributed by atoms with E-state index in [1.807, 2.05) is 0 Å². The van der Waals surface area contributed by atoms with Gasteiger partial charge < -0.3 is 0 Å². The molecule has 3 rings (SSSR count). The highest BCUT2D eigenvalue weighted by atomic mass is 32.2. The third-order valence-electron chi connectivity index (χ3n) is 5.84. The van der Waals surface area contributed by atoms with Crippen LogP contribution in [0.4, 0.5) is 0 Å². The Balaban J connectivity index is 1.74. The van der Waals surface area contributed by atoms with Gasteiger partial charge in [-0.1, -0.05) is 25.0 Å². The van der Waals surface area contributed by atoms with E-state index in [-0.39, 0.29) is 16.1 Å². The minimum Gasteiger partial charge on any atom is -0.298 e. The third-order valence-corrected chi connectivity index (χ3v) is 6.74. The molecule has 2 aliphatic rings. The first-order valence-corrected chi connectivity index (χ1v) is 11.2. The molecule has 0 radical (unpaired) electrons. The molecule has 0 aromatic carbocycles. The lowest BCUT2D eigenvalue weighted by molar-refractivity contribution is 0.241. The average Bonchev–Trinajstić information content (AvgIpc) is 2.53. The molecule has 144 valence electrons. The van der Waals surface area contributed by atoms with E-state index in [1.54, 1.807) is 5.57 Å². The number of rotatable bonds is 4. The van der Waals surface area contributed by atoms with E-state index in [0.717, 1.165) is 25.8 Å². The summed E-state index contributed by atoms with van der Waals surface area (Å²) >= 11 is 0. The second-order valence-electron chi connectivity index (χ2n) is 8.34. The highest BCUT2D eigenvalue weighted by molar-refractivity contribution is 7.90. The SMILES string of the molecule is CC1=C(CCN2CCc3nc(S(C)(=O)=O)[nH]c(=O)c3C2)C(C)(C)CCC1. The number of sulfone groups is 1. The van der Waals surface area contributed by atoms with E-state index >= 15 is 0 Å². The van der Waals surface area contributed by atoms with Crippen LogP contribution in [0.3, 0.4) is 0 Å². The van der Waals surface area contributed by atoms with E-state index in [4.69, 9.17) is 0 Å². The largest absolute Gasteiger partial charge is 0.298 e. The number of aromatic nitrogens is 2. The normalized spacial score (nSPS) is 20.9. The average molecular weight is 380 g/mol. The number of fused-ring (bicyclic) bond motifs is 1.